The Morgan fingerprint density at radius 3 is 2.50 bits per heavy atom. The van der Waals surface area contributed by atoms with Gasteiger partial charge in [-0.2, -0.15) is 0 Å². The third-order valence-electron chi connectivity index (χ3n) is 3.52. The molecule has 3 N–H and O–H groups in total. The molecule has 0 bridgehead atoms. The number of nitrogens with zero attached hydrogens (tertiary/aromatic N) is 1. The van der Waals surface area contributed by atoms with E-state index >= 15 is 0 Å². The molecule has 5 nitrogen and oxygen atoms in total. The molecule has 22 heavy (non-hydrogen) atoms. The van der Waals surface area contributed by atoms with Crippen LogP contribution in [0, 0.1) is 0 Å². The van der Waals surface area contributed by atoms with E-state index in [0.717, 1.165) is 18.1 Å². The molecule has 1 rings (SSSR count). The summed E-state index contributed by atoms with van der Waals surface area (Å²) in [5.74, 6) is 0.780. The van der Waals surface area contributed by atoms with Gasteiger partial charge < -0.3 is 20.5 Å². The Labute approximate surface area is 133 Å². The number of hydrogen-bond acceptors (Lipinski definition) is 3. The zero-order chi connectivity index (χ0) is 16.4. The number of ether oxygens (including phenoxy) is 1. The summed E-state index contributed by atoms with van der Waals surface area (Å²) in [6, 6.07) is 10.0. The Balaban J connectivity index is 2.64. The predicted molar refractivity (Wildman–Crippen MR) is 91.3 cm³/mol. The van der Waals surface area contributed by atoms with Gasteiger partial charge in [-0.05, 0) is 26.3 Å². The second kappa shape index (κ2) is 9.43. The molecule has 0 saturated carbocycles. The molecule has 5 heteroatoms. The van der Waals surface area contributed by atoms with Crippen LogP contribution in [0.2, 0.25) is 0 Å². The van der Waals surface area contributed by atoms with Crippen molar-refractivity contribution in [1.82, 2.24) is 10.6 Å². The van der Waals surface area contributed by atoms with Crippen LogP contribution in [0.4, 0.5) is 0 Å². The Hall–Kier alpha value is -1.59. The first kappa shape index (κ1) is 18.5. The van der Waals surface area contributed by atoms with Gasteiger partial charge in [0.05, 0.1) is 18.8 Å². The highest BCUT2D eigenvalue weighted by atomic mass is 16.5. The van der Waals surface area contributed by atoms with Crippen molar-refractivity contribution in [1.29, 1.82) is 0 Å². The average molecular weight is 307 g/mol. The fourth-order valence-corrected chi connectivity index (χ4v) is 1.91. The van der Waals surface area contributed by atoms with Crippen LogP contribution >= 0.6 is 0 Å². The summed E-state index contributed by atoms with van der Waals surface area (Å²) in [7, 11) is 1.69. The zero-order valence-electron chi connectivity index (χ0n) is 14.1. The number of nitrogens with one attached hydrogen (secondary N) is 2. The molecular formula is C17H29N3O2. The van der Waals surface area contributed by atoms with E-state index in [2.05, 4.69) is 15.6 Å². The zero-order valence-corrected chi connectivity index (χ0v) is 14.1. The first-order valence-electron chi connectivity index (χ1n) is 7.75. The van der Waals surface area contributed by atoms with Crippen LogP contribution < -0.4 is 10.6 Å². The smallest absolute Gasteiger partial charge is 0.191 e. The minimum absolute atomic E-state index is 0.0421. The Bertz CT molecular complexity index is 446. The van der Waals surface area contributed by atoms with Crippen LogP contribution in [0.25, 0.3) is 0 Å². The van der Waals surface area contributed by atoms with Gasteiger partial charge in [-0.1, -0.05) is 30.3 Å². The van der Waals surface area contributed by atoms with Crippen LogP contribution in [0.3, 0.4) is 0 Å². The molecule has 0 heterocycles. The number of aliphatic hydroxyl groups excluding tert-OH is 1. The molecule has 0 aliphatic rings. The summed E-state index contributed by atoms with van der Waals surface area (Å²) >= 11 is 0. The topological polar surface area (TPSA) is 65.9 Å². The molecule has 0 aliphatic carbocycles. The third kappa shape index (κ3) is 6.45. The molecule has 0 radical (unpaired) electrons. The lowest BCUT2D eigenvalue weighted by Gasteiger charge is -2.22. The minimum atomic E-state index is -0.293. The molecule has 1 aromatic carbocycles. The summed E-state index contributed by atoms with van der Waals surface area (Å²) in [5, 5.41) is 16.1. The molecule has 0 spiro atoms. The van der Waals surface area contributed by atoms with Crippen LogP contribution in [0.1, 0.15) is 32.3 Å². The Morgan fingerprint density at radius 1 is 1.27 bits per heavy atom. The fourth-order valence-electron chi connectivity index (χ4n) is 1.91. The normalized spacial score (nSPS) is 13.8. The summed E-state index contributed by atoms with van der Waals surface area (Å²) in [6.45, 7) is 8.10. The molecule has 0 saturated heterocycles. The highest BCUT2D eigenvalue weighted by molar-refractivity contribution is 5.79. The van der Waals surface area contributed by atoms with Crippen LogP contribution in [-0.4, -0.2) is 50.0 Å². The summed E-state index contributed by atoms with van der Waals surface area (Å²) in [6.07, 6.45) is 0. The molecular weight excluding hydrogens is 278 g/mol. The van der Waals surface area contributed by atoms with Crippen LogP contribution in [0.15, 0.2) is 35.3 Å². The Kier molecular flexibility index (Phi) is 7.91. The first-order chi connectivity index (χ1) is 10.5. The highest BCUT2D eigenvalue weighted by Gasteiger charge is 2.16. The van der Waals surface area contributed by atoms with Gasteiger partial charge in [0.2, 0.25) is 0 Å². The van der Waals surface area contributed by atoms with Gasteiger partial charge >= 0.3 is 0 Å². The summed E-state index contributed by atoms with van der Waals surface area (Å²) < 4.78 is 5.38. The number of guanidine groups is 1. The van der Waals surface area contributed by atoms with Crippen molar-refractivity contribution in [3.8, 4) is 0 Å². The van der Waals surface area contributed by atoms with E-state index in [1.165, 1.54) is 0 Å². The van der Waals surface area contributed by atoms with E-state index in [1.54, 1.807) is 7.11 Å². The van der Waals surface area contributed by atoms with Gasteiger partial charge in [0.1, 0.15) is 0 Å². The standard InChI is InChI=1S/C17H29N3O2/c1-5-18-16(20-13-17(2,3)22-4)19-11-15(12-21)14-9-7-6-8-10-14/h6-10,15,21H,5,11-13H2,1-4H3,(H2,18,19,20). The molecule has 1 atom stereocenters. The van der Waals surface area contributed by atoms with Gasteiger partial charge in [-0.25, -0.2) is 0 Å². The fraction of sp³-hybridized carbons (Fsp3) is 0.588. The van der Waals surface area contributed by atoms with E-state index in [-0.39, 0.29) is 18.1 Å². The molecule has 0 aromatic heterocycles. The summed E-state index contributed by atoms with van der Waals surface area (Å²) in [5.41, 5.74) is 0.823. The first-order valence-corrected chi connectivity index (χ1v) is 7.75. The van der Waals surface area contributed by atoms with E-state index in [4.69, 9.17) is 4.74 Å². The van der Waals surface area contributed by atoms with Crippen molar-refractivity contribution in [2.45, 2.75) is 32.3 Å². The maximum Gasteiger partial charge on any atom is 0.191 e. The van der Waals surface area contributed by atoms with E-state index in [0.29, 0.717) is 13.1 Å². The molecule has 1 unspecified atom stereocenters. The molecule has 0 amide bonds. The van der Waals surface area contributed by atoms with Gasteiger partial charge in [0.25, 0.3) is 0 Å². The predicted octanol–water partition coefficient (Wildman–Crippen LogP) is 1.74. The largest absolute Gasteiger partial charge is 0.396 e. The van der Waals surface area contributed by atoms with Crippen LogP contribution in [-0.2, 0) is 4.74 Å². The molecule has 1 aromatic rings. The third-order valence-corrected chi connectivity index (χ3v) is 3.52. The lowest BCUT2D eigenvalue weighted by atomic mass is 10.0. The van der Waals surface area contributed by atoms with Crippen LogP contribution in [0.5, 0.6) is 0 Å². The maximum atomic E-state index is 9.60. The number of methoxy groups -OCH3 is 1. The van der Waals surface area contributed by atoms with Crippen molar-refractivity contribution in [3.63, 3.8) is 0 Å². The van der Waals surface area contributed by atoms with E-state index in [9.17, 15) is 5.11 Å². The lowest BCUT2D eigenvalue weighted by Crippen LogP contribution is -2.41. The number of aliphatic imine (C=N–C) groups is 1. The van der Waals surface area contributed by atoms with Crippen molar-refractivity contribution in [3.05, 3.63) is 35.9 Å². The van der Waals surface area contributed by atoms with Gasteiger partial charge in [0, 0.05) is 26.1 Å². The van der Waals surface area contributed by atoms with Crippen molar-refractivity contribution in [2.75, 3.05) is 33.4 Å². The minimum Gasteiger partial charge on any atom is -0.396 e. The second-order valence-electron chi connectivity index (χ2n) is 5.83. The lowest BCUT2D eigenvalue weighted by molar-refractivity contribution is 0.0310. The average Bonchev–Trinajstić information content (AvgIpc) is 2.54. The number of hydrogen-bond donors (Lipinski definition) is 3. The van der Waals surface area contributed by atoms with Crippen molar-refractivity contribution >= 4 is 5.96 Å². The number of aliphatic hydroxyl groups is 1. The van der Waals surface area contributed by atoms with E-state index < -0.39 is 0 Å². The molecule has 124 valence electrons. The van der Waals surface area contributed by atoms with Gasteiger partial charge in [0.15, 0.2) is 5.96 Å². The highest BCUT2D eigenvalue weighted by Crippen LogP contribution is 2.13. The SMILES string of the molecule is CCNC(=NCC(C)(C)OC)NCC(CO)c1ccccc1. The van der Waals surface area contributed by atoms with Crippen molar-refractivity contribution in [2.24, 2.45) is 4.99 Å². The Morgan fingerprint density at radius 2 is 1.95 bits per heavy atom. The summed E-state index contributed by atoms with van der Waals surface area (Å²) in [4.78, 5) is 4.54. The van der Waals surface area contributed by atoms with Gasteiger partial charge in [-0.15, -0.1) is 0 Å². The van der Waals surface area contributed by atoms with Gasteiger partial charge in [-0.3, -0.25) is 4.99 Å². The molecule has 0 aliphatic heterocycles. The van der Waals surface area contributed by atoms with E-state index in [1.807, 2.05) is 51.1 Å². The second-order valence-corrected chi connectivity index (χ2v) is 5.83. The quantitative estimate of drug-likeness (QED) is 0.505. The maximum absolute atomic E-state index is 9.60. The number of rotatable bonds is 8. The monoisotopic (exact) mass is 307 g/mol. The van der Waals surface area contributed by atoms with Crippen molar-refractivity contribution < 1.29 is 9.84 Å². The molecule has 0 fully saturated rings. The number of benzene rings is 1.